The lowest BCUT2D eigenvalue weighted by molar-refractivity contribution is 0.279. The summed E-state index contributed by atoms with van der Waals surface area (Å²) in [5.74, 6) is 0.193. The van der Waals surface area contributed by atoms with Crippen LogP contribution in [0.5, 0.6) is 5.75 Å². The lowest BCUT2D eigenvalue weighted by Gasteiger charge is -2.13. The van der Waals surface area contributed by atoms with Gasteiger partial charge < -0.3 is 15.9 Å². The number of para-hydroxylation sites is 1. The van der Waals surface area contributed by atoms with Crippen molar-refractivity contribution in [1.82, 2.24) is 0 Å². The molecule has 0 spiro atoms. The van der Waals surface area contributed by atoms with Crippen molar-refractivity contribution in [3.05, 3.63) is 28.2 Å². The first kappa shape index (κ1) is 11.5. The minimum Gasteiger partial charge on any atom is -0.506 e. The molecule has 1 atom stereocenters. The fourth-order valence-electron chi connectivity index (χ4n) is 1.30. The van der Waals surface area contributed by atoms with Crippen LogP contribution in [0.1, 0.15) is 24.4 Å². The number of benzene rings is 1. The van der Waals surface area contributed by atoms with Gasteiger partial charge in [-0.3, -0.25) is 0 Å². The molecule has 1 aromatic rings. The van der Waals surface area contributed by atoms with Crippen LogP contribution in [0.25, 0.3) is 0 Å². The van der Waals surface area contributed by atoms with Crippen LogP contribution in [0.15, 0.2) is 22.7 Å². The molecular weight excluding hydrogens is 246 g/mol. The second-order valence-corrected chi connectivity index (χ2v) is 4.00. The Morgan fingerprint density at radius 1 is 1.43 bits per heavy atom. The molecule has 0 aliphatic heterocycles. The summed E-state index contributed by atoms with van der Waals surface area (Å²) < 4.78 is 0.648. The Bertz CT molecular complexity index is 304. The molecule has 4 heteroatoms. The molecule has 78 valence electrons. The van der Waals surface area contributed by atoms with E-state index in [0.29, 0.717) is 22.9 Å². The highest BCUT2D eigenvalue weighted by Crippen LogP contribution is 2.32. The quantitative estimate of drug-likeness (QED) is 0.774. The van der Waals surface area contributed by atoms with Gasteiger partial charge in [-0.2, -0.15) is 0 Å². The highest BCUT2D eigenvalue weighted by molar-refractivity contribution is 9.10. The third-order valence-electron chi connectivity index (χ3n) is 2.09. The molecule has 0 aliphatic carbocycles. The number of rotatable bonds is 4. The van der Waals surface area contributed by atoms with Gasteiger partial charge in [-0.05, 0) is 34.8 Å². The number of nitrogens with two attached hydrogens (primary N) is 1. The summed E-state index contributed by atoms with van der Waals surface area (Å²) in [5, 5.41) is 18.3. The van der Waals surface area contributed by atoms with Crippen LogP contribution >= 0.6 is 15.9 Å². The number of aliphatic hydroxyl groups excluding tert-OH is 1. The summed E-state index contributed by atoms with van der Waals surface area (Å²) in [4.78, 5) is 0. The van der Waals surface area contributed by atoms with Crippen molar-refractivity contribution in [2.75, 3.05) is 6.61 Å². The van der Waals surface area contributed by atoms with E-state index in [4.69, 9.17) is 10.8 Å². The highest BCUT2D eigenvalue weighted by Gasteiger charge is 2.11. The number of aliphatic hydroxyl groups is 1. The summed E-state index contributed by atoms with van der Waals surface area (Å²) >= 11 is 3.23. The zero-order chi connectivity index (χ0) is 10.6. The zero-order valence-corrected chi connectivity index (χ0v) is 9.37. The van der Waals surface area contributed by atoms with Gasteiger partial charge in [-0.1, -0.05) is 12.1 Å². The van der Waals surface area contributed by atoms with Crippen molar-refractivity contribution in [3.63, 3.8) is 0 Å². The molecule has 0 aromatic heterocycles. The van der Waals surface area contributed by atoms with Gasteiger partial charge in [0.1, 0.15) is 5.75 Å². The Morgan fingerprint density at radius 3 is 2.79 bits per heavy atom. The van der Waals surface area contributed by atoms with Crippen molar-refractivity contribution in [1.29, 1.82) is 0 Å². The predicted molar refractivity (Wildman–Crippen MR) is 59.1 cm³/mol. The third-order valence-corrected chi connectivity index (χ3v) is 2.73. The van der Waals surface area contributed by atoms with Gasteiger partial charge in [-0.25, -0.2) is 0 Å². The minimum atomic E-state index is -0.223. The van der Waals surface area contributed by atoms with Gasteiger partial charge in [0.15, 0.2) is 0 Å². The summed E-state index contributed by atoms with van der Waals surface area (Å²) in [5.41, 5.74) is 6.57. The van der Waals surface area contributed by atoms with Crippen LogP contribution < -0.4 is 5.73 Å². The maximum Gasteiger partial charge on any atom is 0.134 e. The van der Waals surface area contributed by atoms with Gasteiger partial charge in [0, 0.05) is 18.2 Å². The molecule has 0 saturated heterocycles. The average molecular weight is 260 g/mol. The Hall–Kier alpha value is -0.580. The number of phenolic OH excluding ortho intramolecular Hbond substituents is 1. The van der Waals surface area contributed by atoms with Crippen molar-refractivity contribution in [2.24, 2.45) is 5.73 Å². The predicted octanol–water partition coefficient (Wildman–Crippen LogP) is 1.93. The zero-order valence-electron chi connectivity index (χ0n) is 7.78. The molecule has 0 saturated carbocycles. The standard InChI is InChI=1S/C10H14BrNO2/c11-8-4-1-3-7(10(8)14)9(12)5-2-6-13/h1,3-4,9,13-14H,2,5-6,12H2/t9-/m1/s1. The molecule has 0 fully saturated rings. The summed E-state index contributed by atoms with van der Waals surface area (Å²) in [6, 6.07) is 5.16. The molecule has 1 aromatic carbocycles. The van der Waals surface area contributed by atoms with Crippen molar-refractivity contribution in [3.8, 4) is 5.75 Å². The Kier molecular flexibility index (Phi) is 4.38. The Labute approximate surface area is 91.7 Å². The number of hydrogen-bond donors (Lipinski definition) is 3. The Morgan fingerprint density at radius 2 is 2.14 bits per heavy atom. The second kappa shape index (κ2) is 5.34. The summed E-state index contributed by atoms with van der Waals surface area (Å²) in [7, 11) is 0. The first-order valence-corrected chi connectivity index (χ1v) is 5.30. The van der Waals surface area contributed by atoms with Crippen LogP contribution in [-0.2, 0) is 0 Å². The SMILES string of the molecule is N[C@H](CCCO)c1cccc(Br)c1O. The molecule has 0 amide bonds. The molecule has 0 unspecified atom stereocenters. The van der Waals surface area contributed by atoms with E-state index in [1.165, 1.54) is 0 Å². The molecule has 1 rings (SSSR count). The third kappa shape index (κ3) is 2.70. The van der Waals surface area contributed by atoms with Gasteiger partial charge in [0.2, 0.25) is 0 Å². The van der Waals surface area contributed by atoms with Crippen LogP contribution in [-0.4, -0.2) is 16.8 Å². The number of hydrogen-bond acceptors (Lipinski definition) is 3. The smallest absolute Gasteiger partial charge is 0.134 e. The number of halogens is 1. The van der Waals surface area contributed by atoms with E-state index in [0.717, 1.165) is 0 Å². The van der Waals surface area contributed by atoms with Crippen molar-refractivity contribution in [2.45, 2.75) is 18.9 Å². The molecule has 0 radical (unpaired) electrons. The van der Waals surface area contributed by atoms with Gasteiger partial charge in [-0.15, -0.1) is 0 Å². The Balaban J connectivity index is 2.79. The van der Waals surface area contributed by atoms with E-state index in [1.54, 1.807) is 12.1 Å². The monoisotopic (exact) mass is 259 g/mol. The maximum atomic E-state index is 9.68. The lowest BCUT2D eigenvalue weighted by Crippen LogP contribution is -2.11. The van der Waals surface area contributed by atoms with E-state index >= 15 is 0 Å². The highest BCUT2D eigenvalue weighted by atomic mass is 79.9. The fraction of sp³-hybridized carbons (Fsp3) is 0.400. The maximum absolute atomic E-state index is 9.68. The van der Waals surface area contributed by atoms with Gasteiger partial charge in [0.05, 0.1) is 4.47 Å². The minimum absolute atomic E-state index is 0.127. The normalized spacial score (nSPS) is 12.8. The van der Waals surface area contributed by atoms with Crippen molar-refractivity contribution >= 4 is 15.9 Å². The second-order valence-electron chi connectivity index (χ2n) is 3.15. The summed E-state index contributed by atoms with van der Waals surface area (Å²) in [6.07, 6.45) is 1.31. The van der Waals surface area contributed by atoms with Crippen LogP contribution in [0, 0.1) is 0 Å². The van der Waals surface area contributed by atoms with Crippen LogP contribution in [0.2, 0.25) is 0 Å². The van der Waals surface area contributed by atoms with E-state index in [9.17, 15) is 5.11 Å². The fourth-order valence-corrected chi connectivity index (χ4v) is 1.68. The first-order chi connectivity index (χ1) is 6.66. The van der Waals surface area contributed by atoms with Crippen LogP contribution in [0.4, 0.5) is 0 Å². The molecule has 0 heterocycles. The molecule has 0 bridgehead atoms. The molecule has 14 heavy (non-hydrogen) atoms. The van der Waals surface area contributed by atoms with Gasteiger partial charge >= 0.3 is 0 Å². The molecule has 0 aliphatic rings. The average Bonchev–Trinajstić information content (AvgIpc) is 2.18. The topological polar surface area (TPSA) is 66.5 Å². The van der Waals surface area contributed by atoms with E-state index < -0.39 is 0 Å². The van der Waals surface area contributed by atoms with Crippen molar-refractivity contribution < 1.29 is 10.2 Å². The lowest BCUT2D eigenvalue weighted by atomic mass is 10.0. The van der Waals surface area contributed by atoms with E-state index in [2.05, 4.69) is 15.9 Å². The number of aromatic hydroxyl groups is 1. The number of phenols is 1. The molecular formula is C10H14BrNO2. The van der Waals surface area contributed by atoms with E-state index in [1.807, 2.05) is 6.07 Å². The largest absolute Gasteiger partial charge is 0.506 e. The van der Waals surface area contributed by atoms with E-state index in [-0.39, 0.29) is 18.4 Å². The first-order valence-electron chi connectivity index (χ1n) is 4.50. The molecule has 4 N–H and O–H groups in total. The van der Waals surface area contributed by atoms with Gasteiger partial charge in [0.25, 0.3) is 0 Å². The molecule has 3 nitrogen and oxygen atoms in total. The van der Waals surface area contributed by atoms with Crippen LogP contribution in [0.3, 0.4) is 0 Å². The summed E-state index contributed by atoms with van der Waals surface area (Å²) in [6.45, 7) is 0.127.